The van der Waals surface area contributed by atoms with Gasteiger partial charge < -0.3 is 5.11 Å². The predicted octanol–water partition coefficient (Wildman–Crippen LogP) is 5.19. The lowest BCUT2D eigenvalue weighted by atomic mass is 9.68. The van der Waals surface area contributed by atoms with E-state index in [4.69, 9.17) is 0 Å². The third-order valence-corrected chi connectivity index (χ3v) is 5.32. The molecule has 1 saturated carbocycles. The molecule has 1 nitrogen and oxygen atoms in total. The van der Waals surface area contributed by atoms with Crippen LogP contribution in [0.4, 0.5) is 0 Å². The van der Waals surface area contributed by atoms with Crippen molar-refractivity contribution in [3.63, 3.8) is 0 Å². The van der Waals surface area contributed by atoms with Gasteiger partial charge in [-0.2, -0.15) is 0 Å². The van der Waals surface area contributed by atoms with Crippen LogP contribution in [-0.2, 0) is 0 Å². The number of aliphatic hydroxyl groups excluding tert-OH is 1. The molecular formula is C19H30O. The summed E-state index contributed by atoms with van der Waals surface area (Å²) >= 11 is 0. The summed E-state index contributed by atoms with van der Waals surface area (Å²) in [5.41, 5.74) is 4.10. The van der Waals surface area contributed by atoms with Gasteiger partial charge in [-0.05, 0) is 73.5 Å². The topological polar surface area (TPSA) is 20.2 Å². The van der Waals surface area contributed by atoms with Gasteiger partial charge in [0, 0.05) is 0 Å². The second kappa shape index (κ2) is 5.89. The van der Waals surface area contributed by atoms with E-state index in [0.29, 0.717) is 11.3 Å². The van der Waals surface area contributed by atoms with Gasteiger partial charge in [-0.25, -0.2) is 0 Å². The zero-order valence-corrected chi connectivity index (χ0v) is 13.7. The first-order chi connectivity index (χ1) is 9.29. The molecule has 0 aliphatic heterocycles. The molecule has 1 atom stereocenters. The number of rotatable bonds is 2. The van der Waals surface area contributed by atoms with Crippen LogP contribution in [0.1, 0.15) is 69.2 Å². The van der Waals surface area contributed by atoms with E-state index in [1.54, 1.807) is 0 Å². The molecule has 1 aromatic carbocycles. The van der Waals surface area contributed by atoms with E-state index in [1.165, 1.54) is 24.0 Å². The van der Waals surface area contributed by atoms with Crippen LogP contribution in [0, 0.1) is 31.1 Å². The van der Waals surface area contributed by atoms with E-state index >= 15 is 0 Å². The zero-order chi connectivity index (χ0) is 14.9. The van der Waals surface area contributed by atoms with E-state index in [0.717, 1.165) is 24.3 Å². The molecule has 0 saturated heterocycles. The maximum Gasteiger partial charge on any atom is 0.0818 e. The lowest BCUT2D eigenvalue weighted by Gasteiger charge is -2.38. The van der Waals surface area contributed by atoms with Crippen LogP contribution in [0.15, 0.2) is 18.2 Å². The summed E-state index contributed by atoms with van der Waals surface area (Å²) in [6, 6.07) is 6.40. The van der Waals surface area contributed by atoms with Crippen LogP contribution in [0.3, 0.4) is 0 Å². The summed E-state index contributed by atoms with van der Waals surface area (Å²) < 4.78 is 0. The predicted molar refractivity (Wildman–Crippen MR) is 85.8 cm³/mol. The molecule has 112 valence electrons. The van der Waals surface area contributed by atoms with Crippen molar-refractivity contribution in [1.82, 2.24) is 0 Å². The number of benzene rings is 1. The first kappa shape index (κ1) is 15.6. The van der Waals surface area contributed by atoms with Gasteiger partial charge in [0.25, 0.3) is 0 Å². The van der Waals surface area contributed by atoms with Crippen LogP contribution in [0.25, 0.3) is 0 Å². The quantitative estimate of drug-likeness (QED) is 0.787. The summed E-state index contributed by atoms with van der Waals surface area (Å²) in [6.07, 6.45) is 4.56. The minimum atomic E-state index is -0.282. The van der Waals surface area contributed by atoms with Crippen molar-refractivity contribution in [2.45, 2.75) is 66.4 Å². The Balaban J connectivity index is 2.01. The van der Waals surface area contributed by atoms with Gasteiger partial charge in [0.05, 0.1) is 6.10 Å². The Kier molecular flexibility index (Phi) is 4.59. The van der Waals surface area contributed by atoms with Gasteiger partial charge in [-0.1, -0.05) is 39.0 Å². The van der Waals surface area contributed by atoms with E-state index < -0.39 is 0 Å². The average Bonchev–Trinajstić information content (AvgIpc) is 2.40. The van der Waals surface area contributed by atoms with Crippen molar-refractivity contribution >= 4 is 0 Å². The lowest BCUT2D eigenvalue weighted by molar-refractivity contribution is 0.0528. The van der Waals surface area contributed by atoms with E-state index in [9.17, 15) is 5.11 Å². The molecule has 1 fully saturated rings. The van der Waals surface area contributed by atoms with Crippen molar-refractivity contribution in [1.29, 1.82) is 0 Å². The zero-order valence-electron chi connectivity index (χ0n) is 13.7. The Hall–Kier alpha value is -0.820. The number of aliphatic hydroxyl groups is 1. The second-order valence-corrected chi connectivity index (χ2v) is 7.77. The molecule has 2 rings (SSSR count). The minimum Gasteiger partial charge on any atom is -0.388 e. The van der Waals surface area contributed by atoms with Crippen molar-refractivity contribution in [2.75, 3.05) is 0 Å². The number of aryl methyl sites for hydroxylation is 2. The highest BCUT2D eigenvalue weighted by Crippen LogP contribution is 2.43. The Morgan fingerprint density at radius 1 is 1.00 bits per heavy atom. The number of hydrogen-bond donors (Lipinski definition) is 1. The van der Waals surface area contributed by atoms with Gasteiger partial charge in [-0.15, -0.1) is 0 Å². The van der Waals surface area contributed by atoms with Gasteiger partial charge in [0.1, 0.15) is 0 Å². The maximum absolute atomic E-state index is 10.6. The second-order valence-electron chi connectivity index (χ2n) is 7.77. The Morgan fingerprint density at radius 3 is 2.10 bits per heavy atom. The first-order valence-corrected chi connectivity index (χ1v) is 8.04. The van der Waals surface area contributed by atoms with Crippen LogP contribution in [0.5, 0.6) is 0 Å². The molecule has 0 spiro atoms. The van der Waals surface area contributed by atoms with Gasteiger partial charge in [0.15, 0.2) is 0 Å². The fraction of sp³-hybridized carbons (Fsp3) is 0.684. The van der Waals surface area contributed by atoms with Crippen molar-refractivity contribution in [2.24, 2.45) is 17.3 Å². The summed E-state index contributed by atoms with van der Waals surface area (Å²) in [7, 11) is 0. The summed E-state index contributed by atoms with van der Waals surface area (Å²) in [6.45, 7) is 11.3. The summed E-state index contributed by atoms with van der Waals surface area (Å²) in [5, 5.41) is 10.6. The normalized spacial score (nSPS) is 25.5. The van der Waals surface area contributed by atoms with Crippen LogP contribution in [0.2, 0.25) is 0 Å². The third-order valence-electron chi connectivity index (χ3n) is 5.32. The molecule has 1 N–H and O–H groups in total. The van der Waals surface area contributed by atoms with Gasteiger partial charge in [-0.3, -0.25) is 0 Å². The molecule has 0 aromatic heterocycles. The van der Waals surface area contributed by atoms with Crippen molar-refractivity contribution < 1.29 is 5.11 Å². The van der Waals surface area contributed by atoms with E-state index in [-0.39, 0.29) is 6.10 Å². The SMILES string of the molecule is Cc1ccc(C(O)C2CCC(C(C)(C)C)CC2)cc1C. The molecule has 1 unspecified atom stereocenters. The molecule has 20 heavy (non-hydrogen) atoms. The summed E-state index contributed by atoms with van der Waals surface area (Å²) in [5.74, 6) is 1.25. The summed E-state index contributed by atoms with van der Waals surface area (Å²) in [4.78, 5) is 0. The molecule has 1 aliphatic carbocycles. The fourth-order valence-electron chi connectivity index (χ4n) is 3.52. The maximum atomic E-state index is 10.6. The van der Waals surface area contributed by atoms with Crippen molar-refractivity contribution in [3.05, 3.63) is 34.9 Å². The average molecular weight is 274 g/mol. The molecule has 0 heterocycles. The first-order valence-electron chi connectivity index (χ1n) is 8.04. The molecule has 0 amide bonds. The molecule has 1 heteroatoms. The van der Waals surface area contributed by atoms with E-state index in [1.807, 2.05) is 0 Å². The van der Waals surface area contributed by atoms with Gasteiger partial charge >= 0.3 is 0 Å². The highest BCUT2D eigenvalue weighted by atomic mass is 16.3. The minimum absolute atomic E-state index is 0.282. The lowest BCUT2D eigenvalue weighted by Crippen LogP contribution is -2.28. The Labute approximate surface area is 124 Å². The Morgan fingerprint density at radius 2 is 1.60 bits per heavy atom. The molecule has 0 bridgehead atoms. The van der Waals surface area contributed by atoms with E-state index in [2.05, 4.69) is 52.8 Å². The van der Waals surface area contributed by atoms with Crippen LogP contribution >= 0.6 is 0 Å². The Bertz CT molecular complexity index is 447. The largest absolute Gasteiger partial charge is 0.388 e. The molecule has 0 radical (unpaired) electrons. The standard InChI is InChI=1S/C19H30O/c1-13-6-7-16(12-14(13)2)18(20)15-8-10-17(11-9-15)19(3,4)5/h6-7,12,15,17-18,20H,8-11H2,1-5H3. The highest BCUT2D eigenvalue weighted by Gasteiger charge is 2.32. The monoisotopic (exact) mass is 274 g/mol. The fourth-order valence-corrected chi connectivity index (χ4v) is 3.52. The highest BCUT2D eigenvalue weighted by molar-refractivity contribution is 5.31. The number of hydrogen-bond acceptors (Lipinski definition) is 1. The smallest absolute Gasteiger partial charge is 0.0818 e. The van der Waals surface area contributed by atoms with Crippen LogP contribution < -0.4 is 0 Å². The van der Waals surface area contributed by atoms with Crippen molar-refractivity contribution in [3.8, 4) is 0 Å². The van der Waals surface area contributed by atoms with Gasteiger partial charge in [0.2, 0.25) is 0 Å². The van der Waals surface area contributed by atoms with Crippen LogP contribution in [-0.4, -0.2) is 5.11 Å². The molecular weight excluding hydrogens is 244 g/mol. The molecule has 1 aliphatic rings. The third kappa shape index (κ3) is 3.44. The molecule has 1 aromatic rings.